The van der Waals surface area contributed by atoms with Gasteiger partial charge in [-0.05, 0) is 35.7 Å². The smallest absolute Gasteiger partial charge is 0.216 e. The van der Waals surface area contributed by atoms with Crippen LogP contribution in [0.4, 0.5) is 0 Å². The lowest BCUT2D eigenvalue weighted by Crippen LogP contribution is -2.22. The highest BCUT2D eigenvalue weighted by Gasteiger charge is 2.14. The number of thiophene rings is 1. The number of nitrogens with one attached hydrogen (secondary N) is 1. The van der Waals surface area contributed by atoms with E-state index in [4.69, 9.17) is 4.74 Å². The Labute approximate surface area is 139 Å². The Kier molecular flexibility index (Phi) is 4.63. The highest BCUT2D eigenvalue weighted by atomic mass is 32.1. The lowest BCUT2D eigenvalue weighted by molar-refractivity contribution is -0.118. The molecule has 118 valence electrons. The number of carbonyl (C=O) groups is 1. The molecule has 0 saturated heterocycles. The molecule has 1 N–H and O–H groups in total. The molecule has 0 unspecified atom stereocenters. The first-order valence-electron chi connectivity index (χ1n) is 7.58. The molecule has 0 spiro atoms. The van der Waals surface area contributed by atoms with Gasteiger partial charge in [-0.15, -0.1) is 11.3 Å². The zero-order valence-electron chi connectivity index (χ0n) is 13.3. The predicted octanol–water partition coefficient (Wildman–Crippen LogP) is 4.26. The average Bonchev–Trinajstić information content (AvgIpc) is 2.93. The molecule has 0 saturated carbocycles. The maximum absolute atomic E-state index is 11.2. The summed E-state index contributed by atoms with van der Waals surface area (Å²) in [7, 11) is 1.68. The number of ether oxygens (including phenoxy) is 1. The van der Waals surface area contributed by atoms with Crippen LogP contribution in [0.3, 0.4) is 0 Å². The van der Waals surface area contributed by atoms with Crippen molar-refractivity contribution in [3.8, 4) is 16.2 Å². The molecular weight excluding hydrogens is 306 g/mol. The summed E-state index contributed by atoms with van der Waals surface area (Å²) in [5.74, 6) is 0.860. The van der Waals surface area contributed by atoms with Gasteiger partial charge in [-0.3, -0.25) is 4.79 Å². The van der Waals surface area contributed by atoms with Crippen molar-refractivity contribution in [1.82, 2.24) is 5.32 Å². The predicted molar refractivity (Wildman–Crippen MR) is 96.2 cm³/mol. The van der Waals surface area contributed by atoms with E-state index in [9.17, 15) is 4.79 Å². The van der Waals surface area contributed by atoms with E-state index >= 15 is 0 Å². The number of fused-ring (bicyclic) bond motifs is 1. The van der Waals surface area contributed by atoms with Gasteiger partial charge in [0.15, 0.2) is 0 Å². The Morgan fingerprint density at radius 3 is 2.65 bits per heavy atom. The number of methoxy groups -OCH3 is 1. The molecule has 4 heteroatoms. The van der Waals surface area contributed by atoms with Crippen LogP contribution in [0.25, 0.3) is 20.5 Å². The fraction of sp³-hybridized carbons (Fsp3) is 0.211. The maximum Gasteiger partial charge on any atom is 0.216 e. The first-order valence-corrected chi connectivity index (χ1v) is 8.40. The molecule has 3 nitrogen and oxygen atoms in total. The minimum atomic E-state index is 0.00313. The Morgan fingerprint density at radius 2 is 1.96 bits per heavy atom. The fourth-order valence-corrected chi connectivity index (χ4v) is 3.93. The molecule has 3 rings (SSSR count). The molecule has 1 heterocycles. The molecular formula is C19H19NO2S. The third-order valence-corrected chi connectivity index (χ3v) is 5.05. The Morgan fingerprint density at radius 1 is 1.17 bits per heavy atom. The number of rotatable bonds is 5. The van der Waals surface area contributed by atoms with Crippen molar-refractivity contribution in [1.29, 1.82) is 0 Å². The van der Waals surface area contributed by atoms with Crippen LogP contribution in [0.5, 0.6) is 5.75 Å². The van der Waals surface area contributed by atoms with E-state index in [1.54, 1.807) is 25.4 Å². The van der Waals surface area contributed by atoms with Crippen LogP contribution >= 0.6 is 11.3 Å². The number of hydrogen-bond donors (Lipinski definition) is 1. The van der Waals surface area contributed by atoms with Gasteiger partial charge in [-0.2, -0.15) is 0 Å². The minimum absolute atomic E-state index is 0.00313. The summed E-state index contributed by atoms with van der Waals surface area (Å²) in [6.07, 6.45) is 0.803. The highest BCUT2D eigenvalue weighted by molar-refractivity contribution is 7.22. The summed E-state index contributed by atoms with van der Waals surface area (Å²) in [6.45, 7) is 2.19. The van der Waals surface area contributed by atoms with E-state index in [0.717, 1.165) is 12.2 Å². The van der Waals surface area contributed by atoms with Crippen LogP contribution < -0.4 is 10.1 Å². The van der Waals surface area contributed by atoms with Crippen LogP contribution in [0.1, 0.15) is 12.5 Å². The second-order valence-corrected chi connectivity index (χ2v) is 6.42. The van der Waals surface area contributed by atoms with Crippen LogP contribution in [0.2, 0.25) is 0 Å². The summed E-state index contributed by atoms with van der Waals surface area (Å²) in [6, 6.07) is 16.6. The summed E-state index contributed by atoms with van der Waals surface area (Å²) < 4.78 is 6.61. The van der Waals surface area contributed by atoms with Gasteiger partial charge in [0, 0.05) is 28.4 Å². The van der Waals surface area contributed by atoms with Crippen LogP contribution in [0.15, 0.2) is 48.5 Å². The Hall–Kier alpha value is -2.33. The molecule has 0 aliphatic carbocycles. The molecule has 1 amide bonds. The molecule has 0 aliphatic heterocycles. The van der Waals surface area contributed by atoms with E-state index in [2.05, 4.69) is 41.7 Å². The van der Waals surface area contributed by atoms with Crippen molar-refractivity contribution in [2.75, 3.05) is 13.7 Å². The molecule has 1 aromatic heterocycles. The van der Waals surface area contributed by atoms with Crippen molar-refractivity contribution in [3.63, 3.8) is 0 Å². The summed E-state index contributed by atoms with van der Waals surface area (Å²) in [5, 5.41) is 4.10. The summed E-state index contributed by atoms with van der Waals surface area (Å²) in [4.78, 5) is 12.4. The molecule has 2 aromatic carbocycles. The quantitative estimate of drug-likeness (QED) is 0.761. The molecule has 0 radical (unpaired) electrons. The third kappa shape index (κ3) is 3.37. The van der Waals surface area contributed by atoms with Gasteiger partial charge in [0.1, 0.15) is 5.75 Å². The van der Waals surface area contributed by atoms with Crippen molar-refractivity contribution >= 4 is 27.3 Å². The average molecular weight is 325 g/mol. The number of carbonyl (C=O) groups excluding carboxylic acids is 1. The van der Waals surface area contributed by atoms with Crippen molar-refractivity contribution in [2.45, 2.75) is 13.3 Å². The van der Waals surface area contributed by atoms with E-state index in [1.807, 2.05) is 12.1 Å². The van der Waals surface area contributed by atoms with Crippen molar-refractivity contribution in [2.24, 2.45) is 0 Å². The molecule has 0 atom stereocenters. The fourth-order valence-electron chi connectivity index (χ4n) is 2.69. The minimum Gasteiger partial charge on any atom is -0.497 e. The standard InChI is InChI=1S/C19H19NO2S/c1-13(21)20-11-10-16-17-12-15(22-2)8-9-18(17)23-19(16)14-6-4-3-5-7-14/h3-9,12H,10-11H2,1-2H3,(H,20,21). The molecule has 0 fully saturated rings. The number of amides is 1. The van der Waals surface area contributed by atoms with Gasteiger partial charge in [0.25, 0.3) is 0 Å². The molecule has 3 aromatic rings. The lowest BCUT2D eigenvalue weighted by atomic mass is 10.0. The monoisotopic (exact) mass is 325 g/mol. The van der Waals surface area contributed by atoms with E-state index in [1.165, 1.54) is 26.1 Å². The van der Waals surface area contributed by atoms with Gasteiger partial charge < -0.3 is 10.1 Å². The van der Waals surface area contributed by atoms with Crippen LogP contribution in [0, 0.1) is 0 Å². The normalized spacial score (nSPS) is 10.7. The van der Waals surface area contributed by atoms with Gasteiger partial charge in [0.05, 0.1) is 7.11 Å². The zero-order chi connectivity index (χ0) is 16.2. The van der Waals surface area contributed by atoms with Crippen LogP contribution in [-0.4, -0.2) is 19.6 Å². The van der Waals surface area contributed by atoms with E-state index in [0.29, 0.717) is 6.54 Å². The molecule has 23 heavy (non-hydrogen) atoms. The second-order valence-electron chi connectivity index (χ2n) is 5.37. The van der Waals surface area contributed by atoms with Gasteiger partial charge in [0.2, 0.25) is 5.91 Å². The first kappa shape index (κ1) is 15.6. The SMILES string of the molecule is COc1ccc2sc(-c3ccccc3)c(CCNC(C)=O)c2c1. The Bertz CT molecular complexity index is 824. The number of benzene rings is 2. The third-order valence-electron chi connectivity index (χ3n) is 3.78. The lowest BCUT2D eigenvalue weighted by Gasteiger charge is -2.07. The largest absolute Gasteiger partial charge is 0.497 e. The summed E-state index contributed by atoms with van der Waals surface area (Å²) in [5.41, 5.74) is 2.48. The second kappa shape index (κ2) is 6.84. The summed E-state index contributed by atoms with van der Waals surface area (Å²) >= 11 is 1.79. The van der Waals surface area contributed by atoms with E-state index in [-0.39, 0.29) is 5.91 Å². The van der Waals surface area contributed by atoms with Crippen LogP contribution in [-0.2, 0) is 11.2 Å². The highest BCUT2D eigenvalue weighted by Crippen LogP contribution is 2.40. The van der Waals surface area contributed by atoms with Crippen molar-refractivity contribution in [3.05, 3.63) is 54.1 Å². The first-order chi connectivity index (χ1) is 11.2. The maximum atomic E-state index is 11.2. The number of hydrogen-bond acceptors (Lipinski definition) is 3. The van der Waals surface area contributed by atoms with E-state index < -0.39 is 0 Å². The molecule has 0 bridgehead atoms. The zero-order valence-corrected chi connectivity index (χ0v) is 14.1. The molecule has 0 aliphatic rings. The topological polar surface area (TPSA) is 38.3 Å². The van der Waals surface area contributed by atoms with Crippen molar-refractivity contribution < 1.29 is 9.53 Å². The van der Waals surface area contributed by atoms with Gasteiger partial charge in [-0.25, -0.2) is 0 Å². The van der Waals surface area contributed by atoms with Gasteiger partial charge >= 0.3 is 0 Å². The Balaban J connectivity index is 2.08. The van der Waals surface area contributed by atoms with Gasteiger partial charge in [-0.1, -0.05) is 30.3 Å².